The van der Waals surface area contributed by atoms with Crippen molar-refractivity contribution in [2.24, 2.45) is 5.92 Å². The first kappa shape index (κ1) is 19.9. The summed E-state index contributed by atoms with van der Waals surface area (Å²) in [6.07, 6.45) is 0.683. The van der Waals surface area contributed by atoms with Gasteiger partial charge in [-0.1, -0.05) is 0 Å². The molecule has 0 aliphatic heterocycles. The molecular formula is C21H19BrF3N3O. The number of rotatable bonds is 5. The fourth-order valence-corrected chi connectivity index (χ4v) is 3.98. The van der Waals surface area contributed by atoms with Gasteiger partial charge in [0.1, 0.15) is 5.65 Å². The molecule has 4 nitrogen and oxygen atoms in total. The van der Waals surface area contributed by atoms with E-state index in [1.54, 1.807) is 27.9 Å². The van der Waals surface area contributed by atoms with Gasteiger partial charge in [0.25, 0.3) is 0 Å². The fourth-order valence-electron chi connectivity index (χ4n) is 3.47. The maximum absolute atomic E-state index is 13.4. The van der Waals surface area contributed by atoms with Crippen LogP contribution in [0.2, 0.25) is 0 Å². The number of halogens is 4. The molecule has 0 radical (unpaired) electrons. The second-order valence-electron chi connectivity index (χ2n) is 7.19. The Morgan fingerprint density at radius 2 is 2.07 bits per heavy atom. The quantitative estimate of drug-likeness (QED) is 0.494. The summed E-state index contributed by atoms with van der Waals surface area (Å²) in [7, 11) is 0. The maximum Gasteiger partial charge on any atom is 0.416 e. The van der Waals surface area contributed by atoms with E-state index in [1.807, 2.05) is 13.0 Å². The highest BCUT2D eigenvalue weighted by Crippen LogP contribution is 2.35. The third-order valence-electron chi connectivity index (χ3n) is 5.16. The smallest absolute Gasteiger partial charge is 0.338 e. The normalized spacial score (nSPS) is 14.4. The first-order valence-electron chi connectivity index (χ1n) is 9.40. The van der Waals surface area contributed by atoms with E-state index in [0.717, 1.165) is 34.8 Å². The standard InChI is InChI=1S/C21H19BrF3N3O/c1-2-27(20(29)13-5-6-13)11-14-10-15(21(23,24)25)7-8-18(14)28-12-17(22)16-4-3-9-26-19(16)28/h3-4,7-10,12-13H,2,5-6,11H2,1H3. The van der Waals surface area contributed by atoms with E-state index in [9.17, 15) is 18.0 Å². The van der Waals surface area contributed by atoms with Crippen LogP contribution in [0.25, 0.3) is 16.7 Å². The van der Waals surface area contributed by atoms with Gasteiger partial charge in [-0.05, 0) is 71.6 Å². The zero-order valence-corrected chi connectivity index (χ0v) is 17.3. The number of alkyl halides is 3. The molecule has 0 atom stereocenters. The van der Waals surface area contributed by atoms with Crippen LogP contribution < -0.4 is 0 Å². The number of fused-ring (bicyclic) bond motifs is 1. The summed E-state index contributed by atoms with van der Waals surface area (Å²) in [6.45, 7) is 2.41. The predicted octanol–water partition coefficient (Wildman–Crippen LogP) is 5.57. The van der Waals surface area contributed by atoms with E-state index in [4.69, 9.17) is 0 Å². The van der Waals surface area contributed by atoms with Gasteiger partial charge >= 0.3 is 6.18 Å². The van der Waals surface area contributed by atoms with Crippen molar-refractivity contribution in [3.63, 3.8) is 0 Å². The monoisotopic (exact) mass is 465 g/mol. The van der Waals surface area contributed by atoms with Crippen LogP contribution >= 0.6 is 15.9 Å². The lowest BCUT2D eigenvalue weighted by Gasteiger charge is -2.23. The van der Waals surface area contributed by atoms with Gasteiger partial charge in [-0.3, -0.25) is 9.36 Å². The molecule has 0 spiro atoms. The molecule has 1 fully saturated rings. The molecule has 4 rings (SSSR count). The van der Waals surface area contributed by atoms with Crippen molar-refractivity contribution in [3.8, 4) is 5.69 Å². The molecular weight excluding hydrogens is 447 g/mol. The minimum atomic E-state index is -4.46. The number of nitrogens with zero attached hydrogens (tertiary/aromatic N) is 3. The van der Waals surface area contributed by atoms with Gasteiger partial charge in [0.15, 0.2) is 0 Å². The molecule has 1 saturated carbocycles. The van der Waals surface area contributed by atoms with Crippen LogP contribution in [0.5, 0.6) is 0 Å². The van der Waals surface area contributed by atoms with Crippen molar-refractivity contribution in [2.45, 2.75) is 32.5 Å². The predicted molar refractivity (Wildman–Crippen MR) is 108 cm³/mol. The Balaban J connectivity index is 1.83. The van der Waals surface area contributed by atoms with Crippen LogP contribution in [-0.4, -0.2) is 26.9 Å². The lowest BCUT2D eigenvalue weighted by atomic mass is 10.1. The summed E-state index contributed by atoms with van der Waals surface area (Å²) >= 11 is 3.50. The van der Waals surface area contributed by atoms with Crippen LogP contribution in [0, 0.1) is 5.92 Å². The summed E-state index contributed by atoms with van der Waals surface area (Å²) in [4.78, 5) is 18.6. The number of benzene rings is 1. The lowest BCUT2D eigenvalue weighted by Crippen LogP contribution is -2.32. The van der Waals surface area contributed by atoms with E-state index in [0.29, 0.717) is 23.4 Å². The summed E-state index contributed by atoms with van der Waals surface area (Å²) in [5, 5.41) is 0.861. The average molecular weight is 466 g/mol. The van der Waals surface area contributed by atoms with Gasteiger partial charge in [0, 0.05) is 41.3 Å². The number of hydrogen-bond acceptors (Lipinski definition) is 2. The summed E-state index contributed by atoms with van der Waals surface area (Å²) in [5.74, 6) is 0.0138. The number of aromatic nitrogens is 2. The van der Waals surface area contributed by atoms with Crippen LogP contribution in [0.4, 0.5) is 13.2 Å². The third kappa shape index (κ3) is 3.90. The van der Waals surface area contributed by atoms with Gasteiger partial charge in [0.2, 0.25) is 5.91 Å². The second-order valence-corrected chi connectivity index (χ2v) is 8.04. The molecule has 29 heavy (non-hydrogen) atoms. The highest BCUT2D eigenvalue weighted by Gasteiger charge is 2.34. The Hall–Kier alpha value is -2.35. The Morgan fingerprint density at radius 3 is 2.72 bits per heavy atom. The first-order valence-corrected chi connectivity index (χ1v) is 10.2. The molecule has 1 amide bonds. The van der Waals surface area contributed by atoms with Crippen LogP contribution in [-0.2, 0) is 17.5 Å². The lowest BCUT2D eigenvalue weighted by molar-refractivity contribution is -0.137. The van der Waals surface area contributed by atoms with Crippen LogP contribution in [0.15, 0.2) is 47.2 Å². The minimum absolute atomic E-state index is 0.00687. The molecule has 0 saturated heterocycles. The van der Waals surface area contributed by atoms with Crippen molar-refractivity contribution in [3.05, 3.63) is 58.3 Å². The Kier molecular flexibility index (Phi) is 5.14. The largest absolute Gasteiger partial charge is 0.416 e. The molecule has 0 unspecified atom stereocenters. The van der Waals surface area contributed by atoms with Crippen molar-refractivity contribution in [1.29, 1.82) is 0 Å². The van der Waals surface area contributed by atoms with Crippen molar-refractivity contribution in [2.75, 3.05) is 6.54 Å². The molecule has 152 valence electrons. The topological polar surface area (TPSA) is 38.1 Å². The molecule has 2 aromatic heterocycles. The number of carbonyl (C=O) groups is 1. The van der Waals surface area contributed by atoms with Crippen LogP contribution in [0.1, 0.15) is 30.9 Å². The molecule has 1 aliphatic rings. The van der Waals surface area contributed by atoms with Crippen molar-refractivity contribution >= 4 is 32.9 Å². The summed E-state index contributed by atoms with van der Waals surface area (Å²) in [5.41, 5.74) is 0.923. The second kappa shape index (κ2) is 7.48. The zero-order chi connectivity index (χ0) is 20.8. The molecule has 3 aromatic rings. The number of pyridine rings is 1. The Labute approximate surface area is 174 Å². The van der Waals surface area contributed by atoms with Crippen molar-refractivity contribution in [1.82, 2.24) is 14.5 Å². The Morgan fingerprint density at radius 1 is 1.31 bits per heavy atom. The molecule has 2 heterocycles. The van der Waals surface area contributed by atoms with Gasteiger partial charge in [-0.15, -0.1) is 0 Å². The van der Waals surface area contributed by atoms with E-state index >= 15 is 0 Å². The van der Waals surface area contributed by atoms with Crippen molar-refractivity contribution < 1.29 is 18.0 Å². The third-order valence-corrected chi connectivity index (χ3v) is 5.79. The SMILES string of the molecule is CCN(Cc1cc(C(F)(F)F)ccc1-n1cc(Br)c2cccnc21)C(=O)C1CC1. The van der Waals surface area contributed by atoms with E-state index < -0.39 is 11.7 Å². The van der Waals surface area contributed by atoms with Crippen LogP contribution in [0.3, 0.4) is 0 Å². The average Bonchev–Trinajstić information content (AvgIpc) is 3.49. The van der Waals surface area contributed by atoms with Gasteiger partial charge < -0.3 is 4.90 Å². The zero-order valence-electron chi connectivity index (χ0n) is 15.7. The highest BCUT2D eigenvalue weighted by molar-refractivity contribution is 9.10. The number of carbonyl (C=O) groups excluding carboxylic acids is 1. The van der Waals surface area contributed by atoms with Gasteiger partial charge in [-0.2, -0.15) is 13.2 Å². The Bertz CT molecular complexity index is 1070. The summed E-state index contributed by atoms with van der Waals surface area (Å²) < 4.78 is 42.7. The molecule has 1 aromatic carbocycles. The maximum atomic E-state index is 13.4. The summed E-state index contributed by atoms with van der Waals surface area (Å²) in [6, 6.07) is 7.36. The number of hydrogen-bond donors (Lipinski definition) is 0. The first-order chi connectivity index (χ1) is 13.8. The van der Waals surface area contributed by atoms with E-state index in [1.165, 1.54) is 6.07 Å². The fraction of sp³-hybridized carbons (Fsp3) is 0.333. The van der Waals surface area contributed by atoms with Gasteiger partial charge in [-0.25, -0.2) is 4.98 Å². The molecule has 1 aliphatic carbocycles. The van der Waals surface area contributed by atoms with Gasteiger partial charge in [0.05, 0.1) is 11.3 Å². The molecule has 0 bridgehead atoms. The molecule has 0 N–H and O–H groups in total. The highest BCUT2D eigenvalue weighted by atomic mass is 79.9. The van der Waals surface area contributed by atoms with E-state index in [2.05, 4.69) is 20.9 Å². The molecule has 8 heteroatoms. The minimum Gasteiger partial charge on any atom is -0.338 e. The number of amides is 1. The van der Waals surface area contributed by atoms with E-state index in [-0.39, 0.29) is 18.4 Å².